The largest absolute Gasteiger partial charge is 0.376 e. The summed E-state index contributed by atoms with van der Waals surface area (Å²) >= 11 is 5.84. The van der Waals surface area contributed by atoms with Gasteiger partial charge in [0, 0.05) is 16.8 Å². The van der Waals surface area contributed by atoms with Crippen LogP contribution in [0.25, 0.3) is 0 Å². The van der Waals surface area contributed by atoms with Gasteiger partial charge in [-0.25, -0.2) is 8.78 Å². The second-order valence-electron chi connectivity index (χ2n) is 4.49. The quantitative estimate of drug-likeness (QED) is 0.897. The number of halogens is 3. The number of rotatable bonds is 4. The van der Waals surface area contributed by atoms with Crippen LogP contribution in [0.15, 0.2) is 36.4 Å². The summed E-state index contributed by atoms with van der Waals surface area (Å²) in [5, 5.41) is 5.90. The number of carbonyl (C=O) groups is 1. The molecule has 2 rings (SSSR count). The summed E-state index contributed by atoms with van der Waals surface area (Å²) in [6.07, 6.45) is 0. The Bertz CT molecular complexity index is 677. The molecule has 0 heterocycles. The van der Waals surface area contributed by atoms with Crippen LogP contribution in [0.1, 0.15) is 5.56 Å². The maximum absolute atomic E-state index is 13.4. The maximum atomic E-state index is 13.4. The van der Waals surface area contributed by atoms with Crippen LogP contribution in [0.5, 0.6) is 0 Å². The molecule has 0 saturated heterocycles. The van der Waals surface area contributed by atoms with E-state index in [1.54, 1.807) is 18.2 Å². The second-order valence-corrected chi connectivity index (χ2v) is 4.92. The van der Waals surface area contributed by atoms with E-state index < -0.39 is 17.5 Å². The number of benzene rings is 2. The molecule has 0 aliphatic rings. The Balaban J connectivity index is 1.96. The van der Waals surface area contributed by atoms with E-state index in [9.17, 15) is 13.6 Å². The smallest absolute Gasteiger partial charge is 0.243 e. The molecule has 1 amide bonds. The van der Waals surface area contributed by atoms with E-state index in [1.807, 2.05) is 6.92 Å². The first kappa shape index (κ1) is 15.3. The monoisotopic (exact) mass is 310 g/mol. The van der Waals surface area contributed by atoms with Gasteiger partial charge in [-0.3, -0.25) is 4.79 Å². The van der Waals surface area contributed by atoms with E-state index in [4.69, 9.17) is 11.6 Å². The molecule has 6 heteroatoms. The molecule has 2 aromatic carbocycles. The summed E-state index contributed by atoms with van der Waals surface area (Å²) in [5.41, 5.74) is 1.59. The van der Waals surface area contributed by atoms with Gasteiger partial charge in [0.1, 0.15) is 11.6 Å². The van der Waals surface area contributed by atoms with Crippen molar-refractivity contribution < 1.29 is 13.6 Å². The van der Waals surface area contributed by atoms with Gasteiger partial charge in [-0.1, -0.05) is 11.6 Å². The van der Waals surface area contributed by atoms with Crippen molar-refractivity contribution in [2.24, 2.45) is 0 Å². The fraction of sp³-hybridized carbons (Fsp3) is 0.133. The first-order valence-corrected chi connectivity index (χ1v) is 6.58. The molecule has 3 nitrogen and oxygen atoms in total. The summed E-state index contributed by atoms with van der Waals surface area (Å²) < 4.78 is 26.1. The highest BCUT2D eigenvalue weighted by Gasteiger charge is 2.08. The van der Waals surface area contributed by atoms with Gasteiger partial charge in [-0.05, 0) is 42.8 Å². The Morgan fingerprint density at radius 1 is 1.14 bits per heavy atom. The lowest BCUT2D eigenvalue weighted by molar-refractivity contribution is -0.114. The standard InChI is InChI=1S/C15H13ClF2N2O/c1-9-6-10(16)2-4-13(9)19-8-15(21)20-14-5-3-11(17)7-12(14)18/h2-7,19H,8H2,1H3,(H,20,21). The first-order valence-electron chi connectivity index (χ1n) is 6.20. The van der Waals surface area contributed by atoms with Gasteiger partial charge in [0.2, 0.25) is 5.91 Å². The molecule has 0 saturated carbocycles. The van der Waals surface area contributed by atoms with Crippen LogP contribution in [0.4, 0.5) is 20.2 Å². The number of nitrogens with one attached hydrogen (secondary N) is 2. The van der Waals surface area contributed by atoms with Crippen molar-refractivity contribution in [3.05, 3.63) is 58.6 Å². The molecule has 110 valence electrons. The normalized spacial score (nSPS) is 10.3. The molecule has 2 aromatic rings. The number of carbonyl (C=O) groups excluding carboxylic acids is 1. The Morgan fingerprint density at radius 2 is 1.86 bits per heavy atom. The lowest BCUT2D eigenvalue weighted by Gasteiger charge is -2.10. The van der Waals surface area contributed by atoms with Crippen LogP contribution in [-0.2, 0) is 4.79 Å². The minimum atomic E-state index is -0.814. The van der Waals surface area contributed by atoms with E-state index in [0.717, 1.165) is 17.3 Å². The Hall–Kier alpha value is -2.14. The van der Waals surface area contributed by atoms with Crippen LogP contribution in [0, 0.1) is 18.6 Å². The number of anilines is 2. The van der Waals surface area contributed by atoms with E-state index in [0.29, 0.717) is 11.1 Å². The molecular formula is C15H13ClF2N2O. The van der Waals surface area contributed by atoms with Gasteiger partial charge in [0.25, 0.3) is 0 Å². The van der Waals surface area contributed by atoms with Crippen molar-refractivity contribution in [2.75, 3.05) is 17.2 Å². The summed E-state index contributed by atoms with van der Waals surface area (Å²) in [7, 11) is 0. The molecule has 0 spiro atoms. The highest BCUT2D eigenvalue weighted by atomic mass is 35.5. The van der Waals surface area contributed by atoms with Crippen LogP contribution < -0.4 is 10.6 Å². The molecule has 0 aliphatic carbocycles. The zero-order valence-corrected chi connectivity index (χ0v) is 12.0. The van der Waals surface area contributed by atoms with Gasteiger partial charge >= 0.3 is 0 Å². The zero-order chi connectivity index (χ0) is 15.4. The minimum absolute atomic E-state index is 0.0424. The molecule has 0 atom stereocenters. The van der Waals surface area contributed by atoms with Gasteiger partial charge < -0.3 is 10.6 Å². The summed E-state index contributed by atoms with van der Waals surface area (Å²) in [6, 6.07) is 8.19. The molecule has 2 N–H and O–H groups in total. The predicted octanol–water partition coefficient (Wildman–Crippen LogP) is 3.98. The van der Waals surface area contributed by atoms with Crippen molar-refractivity contribution in [1.29, 1.82) is 0 Å². The van der Waals surface area contributed by atoms with E-state index >= 15 is 0 Å². The fourth-order valence-electron chi connectivity index (χ4n) is 1.79. The van der Waals surface area contributed by atoms with E-state index in [1.165, 1.54) is 6.07 Å². The fourth-order valence-corrected chi connectivity index (χ4v) is 2.01. The number of aryl methyl sites for hydroxylation is 1. The Labute approximate surface area is 125 Å². The van der Waals surface area contributed by atoms with Crippen molar-refractivity contribution in [1.82, 2.24) is 0 Å². The van der Waals surface area contributed by atoms with E-state index in [-0.39, 0.29) is 12.2 Å². The van der Waals surface area contributed by atoms with Gasteiger partial charge in [0.15, 0.2) is 0 Å². The summed E-state index contributed by atoms with van der Waals surface area (Å²) in [6.45, 7) is 1.81. The Morgan fingerprint density at radius 3 is 2.52 bits per heavy atom. The molecule has 0 fully saturated rings. The van der Waals surface area contributed by atoms with Crippen molar-refractivity contribution in [3.8, 4) is 0 Å². The third-order valence-corrected chi connectivity index (χ3v) is 3.07. The van der Waals surface area contributed by atoms with Crippen LogP contribution in [-0.4, -0.2) is 12.5 Å². The highest BCUT2D eigenvalue weighted by Crippen LogP contribution is 2.19. The average Bonchev–Trinajstić information content (AvgIpc) is 2.41. The lowest BCUT2D eigenvalue weighted by atomic mass is 10.2. The van der Waals surface area contributed by atoms with Gasteiger partial charge in [0.05, 0.1) is 12.2 Å². The van der Waals surface area contributed by atoms with Gasteiger partial charge in [-0.15, -0.1) is 0 Å². The first-order chi connectivity index (χ1) is 9.95. The second kappa shape index (κ2) is 6.54. The lowest BCUT2D eigenvalue weighted by Crippen LogP contribution is -2.22. The zero-order valence-electron chi connectivity index (χ0n) is 11.2. The minimum Gasteiger partial charge on any atom is -0.376 e. The predicted molar refractivity (Wildman–Crippen MR) is 79.7 cm³/mol. The summed E-state index contributed by atoms with van der Waals surface area (Å²) in [4.78, 5) is 11.7. The Kier molecular flexibility index (Phi) is 4.75. The van der Waals surface area contributed by atoms with E-state index in [2.05, 4.69) is 10.6 Å². The molecule has 21 heavy (non-hydrogen) atoms. The molecule has 0 aromatic heterocycles. The molecule has 0 aliphatic heterocycles. The third-order valence-electron chi connectivity index (χ3n) is 2.83. The molecule has 0 bridgehead atoms. The molecule has 0 radical (unpaired) electrons. The third kappa shape index (κ3) is 4.16. The SMILES string of the molecule is Cc1cc(Cl)ccc1NCC(=O)Nc1ccc(F)cc1F. The van der Waals surface area contributed by atoms with Gasteiger partial charge in [-0.2, -0.15) is 0 Å². The van der Waals surface area contributed by atoms with Crippen LogP contribution in [0.3, 0.4) is 0 Å². The van der Waals surface area contributed by atoms with Crippen molar-refractivity contribution >= 4 is 28.9 Å². The number of hydrogen-bond donors (Lipinski definition) is 2. The number of amides is 1. The topological polar surface area (TPSA) is 41.1 Å². The number of hydrogen-bond acceptors (Lipinski definition) is 2. The molecule has 0 unspecified atom stereocenters. The van der Waals surface area contributed by atoms with Crippen LogP contribution in [0.2, 0.25) is 5.02 Å². The van der Waals surface area contributed by atoms with Crippen molar-refractivity contribution in [3.63, 3.8) is 0 Å². The molecular weight excluding hydrogens is 298 g/mol. The van der Waals surface area contributed by atoms with Crippen LogP contribution >= 0.6 is 11.6 Å². The summed E-state index contributed by atoms with van der Waals surface area (Å²) in [5.74, 6) is -1.94. The highest BCUT2D eigenvalue weighted by molar-refractivity contribution is 6.30. The van der Waals surface area contributed by atoms with Crippen molar-refractivity contribution in [2.45, 2.75) is 6.92 Å². The average molecular weight is 311 g/mol. The maximum Gasteiger partial charge on any atom is 0.243 e.